The summed E-state index contributed by atoms with van der Waals surface area (Å²) in [5, 5.41) is 3.33. The molecule has 0 aromatic heterocycles. The number of fused-ring (bicyclic) bond motifs is 1. The van der Waals surface area contributed by atoms with E-state index < -0.39 is 11.7 Å². The van der Waals surface area contributed by atoms with Gasteiger partial charge in [-0.2, -0.15) is 0 Å². The first-order chi connectivity index (χ1) is 14.0. The molecule has 4 nitrogen and oxygen atoms in total. The number of halogens is 2. The second kappa shape index (κ2) is 8.05. The van der Waals surface area contributed by atoms with Crippen molar-refractivity contribution in [2.45, 2.75) is 13.0 Å². The van der Waals surface area contributed by atoms with Crippen molar-refractivity contribution in [1.82, 2.24) is 5.32 Å². The van der Waals surface area contributed by atoms with Crippen LogP contribution in [-0.4, -0.2) is 18.4 Å². The average Bonchev–Trinajstić information content (AvgIpc) is 3.15. The molecule has 4 rings (SSSR count). The standard InChI is InChI=1S/C23H18ClFN2O2/c24-18-8-6-16(7-9-18)23(29)27-12-11-17-13-15(5-10-21(17)27)14-26-22(28)19-3-1-2-4-20(19)25/h1-10,13H,11-12,14H2,(H,26,28). The predicted octanol–water partition coefficient (Wildman–Crippen LogP) is 4.61. The first-order valence-corrected chi connectivity index (χ1v) is 9.63. The van der Waals surface area contributed by atoms with Gasteiger partial charge in [0.25, 0.3) is 11.8 Å². The van der Waals surface area contributed by atoms with E-state index in [4.69, 9.17) is 11.6 Å². The van der Waals surface area contributed by atoms with Gasteiger partial charge in [-0.05, 0) is 60.0 Å². The van der Waals surface area contributed by atoms with Gasteiger partial charge in [-0.1, -0.05) is 35.9 Å². The highest BCUT2D eigenvalue weighted by atomic mass is 35.5. The van der Waals surface area contributed by atoms with Gasteiger partial charge in [-0.3, -0.25) is 9.59 Å². The average molecular weight is 409 g/mol. The largest absolute Gasteiger partial charge is 0.348 e. The minimum atomic E-state index is -0.546. The van der Waals surface area contributed by atoms with E-state index in [9.17, 15) is 14.0 Å². The molecule has 0 saturated carbocycles. The molecular weight excluding hydrogens is 391 g/mol. The molecule has 146 valence electrons. The second-order valence-corrected chi connectivity index (χ2v) is 7.28. The molecular formula is C23H18ClFN2O2. The summed E-state index contributed by atoms with van der Waals surface area (Å²) in [7, 11) is 0. The van der Waals surface area contributed by atoms with Crippen LogP contribution in [-0.2, 0) is 13.0 Å². The Morgan fingerprint density at radius 2 is 1.79 bits per heavy atom. The summed E-state index contributed by atoms with van der Waals surface area (Å²) in [5.74, 6) is -1.07. The molecule has 0 saturated heterocycles. The summed E-state index contributed by atoms with van der Waals surface area (Å²) in [6.45, 7) is 0.882. The molecule has 0 atom stereocenters. The van der Waals surface area contributed by atoms with Crippen molar-refractivity contribution >= 4 is 29.1 Å². The van der Waals surface area contributed by atoms with Crippen LogP contribution < -0.4 is 10.2 Å². The van der Waals surface area contributed by atoms with E-state index >= 15 is 0 Å². The molecule has 0 radical (unpaired) electrons. The van der Waals surface area contributed by atoms with Gasteiger partial charge in [-0.15, -0.1) is 0 Å². The van der Waals surface area contributed by atoms with Crippen LogP contribution in [0.3, 0.4) is 0 Å². The van der Waals surface area contributed by atoms with Crippen molar-refractivity contribution in [3.05, 3.63) is 99.8 Å². The summed E-state index contributed by atoms with van der Waals surface area (Å²) in [6.07, 6.45) is 0.740. The first kappa shape index (κ1) is 19.2. The van der Waals surface area contributed by atoms with E-state index in [0.717, 1.165) is 23.2 Å². The van der Waals surface area contributed by atoms with E-state index in [1.54, 1.807) is 41.3 Å². The highest BCUT2D eigenvalue weighted by Crippen LogP contribution is 2.30. The maximum atomic E-state index is 13.7. The molecule has 0 fully saturated rings. The van der Waals surface area contributed by atoms with Crippen molar-refractivity contribution in [2.75, 3.05) is 11.4 Å². The van der Waals surface area contributed by atoms with Crippen LogP contribution in [0.15, 0.2) is 66.7 Å². The summed E-state index contributed by atoms with van der Waals surface area (Å²) in [5.41, 5.74) is 3.42. The van der Waals surface area contributed by atoms with Gasteiger partial charge in [-0.25, -0.2) is 4.39 Å². The molecule has 1 heterocycles. The predicted molar refractivity (Wildman–Crippen MR) is 111 cm³/mol. The lowest BCUT2D eigenvalue weighted by molar-refractivity contribution is 0.0945. The third-order valence-electron chi connectivity index (χ3n) is 4.95. The summed E-state index contributed by atoms with van der Waals surface area (Å²) >= 11 is 5.90. The summed E-state index contributed by atoms with van der Waals surface area (Å²) in [4.78, 5) is 26.7. The summed E-state index contributed by atoms with van der Waals surface area (Å²) < 4.78 is 13.7. The number of anilines is 1. The minimum Gasteiger partial charge on any atom is -0.348 e. The topological polar surface area (TPSA) is 49.4 Å². The Morgan fingerprint density at radius 1 is 1.03 bits per heavy atom. The molecule has 1 aliphatic heterocycles. The van der Waals surface area contributed by atoms with Crippen LogP contribution in [0.4, 0.5) is 10.1 Å². The SMILES string of the molecule is O=C(NCc1ccc2c(c1)CCN2C(=O)c1ccc(Cl)cc1)c1ccccc1F. The first-order valence-electron chi connectivity index (χ1n) is 9.25. The Morgan fingerprint density at radius 3 is 2.55 bits per heavy atom. The normalized spacial score (nSPS) is 12.6. The molecule has 0 aliphatic carbocycles. The third-order valence-corrected chi connectivity index (χ3v) is 5.20. The number of rotatable bonds is 4. The fourth-order valence-electron chi connectivity index (χ4n) is 3.45. The van der Waals surface area contributed by atoms with Crippen molar-refractivity contribution in [3.63, 3.8) is 0 Å². The van der Waals surface area contributed by atoms with Gasteiger partial charge in [0.2, 0.25) is 0 Å². The molecule has 3 aromatic carbocycles. The van der Waals surface area contributed by atoms with Crippen LogP contribution in [0.5, 0.6) is 0 Å². The minimum absolute atomic E-state index is 0.0217. The maximum absolute atomic E-state index is 13.7. The lowest BCUT2D eigenvalue weighted by Gasteiger charge is -2.18. The smallest absolute Gasteiger partial charge is 0.258 e. The zero-order valence-electron chi connectivity index (χ0n) is 15.5. The molecule has 2 amide bonds. The Hall–Kier alpha value is -3.18. The molecule has 0 bridgehead atoms. The number of hydrogen-bond donors (Lipinski definition) is 1. The van der Waals surface area contributed by atoms with Crippen LogP contribution in [0, 0.1) is 5.82 Å². The number of nitrogens with zero attached hydrogens (tertiary/aromatic N) is 1. The monoisotopic (exact) mass is 408 g/mol. The van der Waals surface area contributed by atoms with Gasteiger partial charge in [0, 0.05) is 29.4 Å². The van der Waals surface area contributed by atoms with Crippen molar-refractivity contribution in [1.29, 1.82) is 0 Å². The van der Waals surface area contributed by atoms with Gasteiger partial charge in [0.15, 0.2) is 0 Å². The van der Waals surface area contributed by atoms with E-state index in [1.807, 2.05) is 18.2 Å². The number of hydrogen-bond acceptors (Lipinski definition) is 2. The highest BCUT2D eigenvalue weighted by Gasteiger charge is 2.25. The number of carbonyl (C=O) groups excluding carboxylic acids is 2. The second-order valence-electron chi connectivity index (χ2n) is 6.84. The van der Waals surface area contributed by atoms with E-state index in [2.05, 4.69) is 5.32 Å². The molecule has 3 aromatic rings. The molecule has 6 heteroatoms. The molecule has 29 heavy (non-hydrogen) atoms. The van der Waals surface area contributed by atoms with Crippen LogP contribution in [0.2, 0.25) is 5.02 Å². The van der Waals surface area contributed by atoms with Gasteiger partial charge in [0.1, 0.15) is 5.82 Å². The van der Waals surface area contributed by atoms with Gasteiger partial charge >= 0.3 is 0 Å². The lowest BCUT2D eigenvalue weighted by Crippen LogP contribution is -2.28. The Labute approximate surface area is 172 Å². The number of nitrogens with one attached hydrogen (secondary N) is 1. The molecule has 1 aliphatic rings. The van der Waals surface area contributed by atoms with Crippen molar-refractivity contribution in [2.24, 2.45) is 0 Å². The molecule has 0 spiro atoms. The molecule has 0 unspecified atom stereocenters. The van der Waals surface area contributed by atoms with Crippen LogP contribution >= 0.6 is 11.6 Å². The zero-order chi connectivity index (χ0) is 20.4. The fourth-order valence-corrected chi connectivity index (χ4v) is 3.57. The van der Waals surface area contributed by atoms with Gasteiger partial charge < -0.3 is 10.2 Å². The van der Waals surface area contributed by atoms with Crippen LogP contribution in [0.25, 0.3) is 0 Å². The van der Waals surface area contributed by atoms with Crippen LogP contribution in [0.1, 0.15) is 31.8 Å². The van der Waals surface area contributed by atoms with E-state index in [1.165, 1.54) is 12.1 Å². The summed E-state index contributed by atoms with van der Waals surface area (Å²) in [6, 6.07) is 18.5. The van der Waals surface area contributed by atoms with E-state index in [0.29, 0.717) is 17.1 Å². The zero-order valence-corrected chi connectivity index (χ0v) is 16.2. The lowest BCUT2D eigenvalue weighted by atomic mass is 10.1. The molecule has 1 N–H and O–H groups in total. The highest BCUT2D eigenvalue weighted by molar-refractivity contribution is 6.30. The number of carbonyl (C=O) groups is 2. The third kappa shape index (κ3) is 4.00. The van der Waals surface area contributed by atoms with Crippen molar-refractivity contribution < 1.29 is 14.0 Å². The number of benzene rings is 3. The van der Waals surface area contributed by atoms with E-state index in [-0.39, 0.29) is 18.0 Å². The fraction of sp³-hybridized carbons (Fsp3) is 0.130. The quantitative estimate of drug-likeness (QED) is 0.685. The Bertz CT molecular complexity index is 1080. The Balaban J connectivity index is 1.46. The van der Waals surface area contributed by atoms with Crippen molar-refractivity contribution in [3.8, 4) is 0 Å². The van der Waals surface area contributed by atoms with Gasteiger partial charge in [0.05, 0.1) is 5.56 Å². The Kier molecular flexibility index (Phi) is 5.32. The maximum Gasteiger partial charge on any atom is 0.258 e. The number of amides is 2.